The number of rotatable bonds is 5. The minimum absolute atomic E-state index is 0.506. The number of hydrogen-bond donors (Lipinski definition) is 2. The van der Waals surface area contributed by atoms with Gasteiger partial charge in [-0.25, -0.2) is 5.43 Å². The van der Waals surface area contributed by atoms with Crippen LogP contribution in [0.15, 0.2) is 52.0 Å². The first-order valence-electron chi connectivity index (χ1n) is 7.16. The quantitative estimate of drug-likeness (QED) is 0.454. The first kappa shape index (κ1) is 18.5. The molecule has 0 aromatic heterocycles. The Morgan fingerprint density at radius 1 is 1.04 bits per heavy atom. The number of anilines is 1. The second kappa shape index (κ2) is 8.84. The summed E-state index contributed by atoms with van der Waals surface area (Å²) in [5.41, 5.74) is 3.28. The zero-order chi connectivity index (χ0) is 18.2. The lowest BCUT2D eigenvalue weighted by Crippen LogP contribution is -2.32. The van der Waals surface area contributed by atoms with Gasteiger partial charge in [0.2, 0.25) is 0 Å². The number of amides is 2. The number of methoxy groups -OCH3 is 2. The molecule has 2 amide bonds. The first-order chi connectivity index (χ1) is 12.0. The number of benzene rings is 2. The Hall–Kier alpha value is -2.87. The summed E-state index contributed by atoms with van der Waals surface area (Å²) in [7, 11) is 3.05. The van der Waals surface area contributed by atoms with E-state index in [0.717, 1.165) is 0 Å². The summed E-state index contributed by atoms with van der Waals surface area (Å²) < 4.78 is 11.1. The molecule has 2 N–H and O–H groups in total. The molecule has 25 heavy (non-hydrogen) atoms. The number of ether oxygens (including phenoxy) is 2. The molecule has 2 rings (SSSR count). The highest BCUT2D eigenvalue weighted by molar-refractivity contribution is 9.10. The Bertz CT molecular complexity index is 794. The summed E-state index contributed by atoms with van der Waals surface area (Å²) in [6.07, 6.45) is 1.37. The fourth-order valence-electron chi connectivity index (χ4n) is 1.90. The molecular weight excluding hydrogens is 390 g/mol. The van der Waals surface area contributed by atoms with Crippen LogP contribution in [0.4, 0.5) is 5.69 Å². The van der Waals surface area contributed by atoms with Gasteiger partial charge < -0.3 is 14.8 Å². The van der Waals surface area contributed by atoms with E-state index in [1.54, 1.807) is 49.6 Å². The average Bonchev–Trinajstić information content (AvgIpc) is 2.62. The van der Waals surface area contributed by atoms with Crippen molar-refractivity contribution in [3.8, 4) is 11.5 Å². The van der Waals surface area contributed by atoms with Crippen LogP contribution in [-0.4, -0.2) is 32.2 Å². The van der Waals surface area contributed by atoms with Crippen LogP contribution in [0.3, 0.4) is 0 Å². The second-order valence-electron chi connectivity index (χ2n) is 4.75. The number of carbonyl (C=O) groups excluding carboxylic acids is 2. The maximum absolute atomic E-state index is 11.8. The van der Waals surface area contributed by atoms with Crippen molar-refractivity contribution in [2.24, 2.45) is 5.10 Å². The summed E-state index contributed by atoms with van der Waals surface area (Å²) in [5, 5.41) is 6.25. The molecule has 0 bridgehead atoms. The molecule has 0 unspecified atom stereocenters. The smallest absolute Gasteiger partial charge is 0.329 e. The molecule has 0 radical (unpaired) electrons. The summed E-state index contributed by atoms with van der Waals surface area (Å²) in [5.74, 6) is -0.593. The number of hydrazone groups is 1. The number of halogens is 1. The Balaban J connectivity index is 2.01. The molecular formula is C17H16BrN3O4. The Morgan fingerprint density at radius 2 is 1.72 bits per heavy atom. The van der Waals surface area contributed by atoms with E-state index in [1.807, 2.05) is 0 Å². The molecule has 0 heterocycles. The highest BCUT2D eigenvalue weighted by Gasteiger charge is 2.13. The predicted molar refractivity (Wildman–Crippen MR) is 98.1 cm³/mol. The van der Waals surface area contributed by atoms with Gasteiger partial charge in [0.05, 0.1) is 24.9 Å². The van der Waals surface area contributed by atoms with Crippen molar-refractivity contribution in [2.75, 3.05) is 19.5 Å². The van der Waals surface area contributed by atoms with E-state index in [9.17, 15) is 9.59 Å². The summed E-state index contributed by atoms with van der Waals surface area (Å²) in [6, 6.07) is 12.1. The average molecular weight is 406 g/mol. The highest BCUT2D eigenvalue weighted by atomic mass is 79.9. The van der Waals surface area contributed by atoms with E-state index < -0.39 is 11.8 Å². The van der Waals surface area contributed by atoms with Crippen molar-refractivity contribution < 1.29 is 19.1 Å². The van der Waals surface area contributed by atoms with Crippen molar-refractivity contribution in [1.82, 2.24) is 5.43 Å². The maximum atomic E-state index is 11.8. The van der Waals surface area contributed by atoms with E-state index >= 15 is 0 Å². The predicted octanol–water partition coefficient (Wildman–Crippen LogP) is 2.56. The first-order valence-corrected chi connectivity index (χ1v) is 7.95. The molecule has 0 atom stereocenters. The molecule has 0 saturated carbocycles. The molecule has 2 aromatic rings. The molecule has 0 spiro atoms. The summed E-state index contributed by atoms with van der Waals surface area (Å²) >= 11 is 3.36. The fourth-order valence-corrected chi connectivity index (χ4v) is 2.43. The van der Waals surface area contributed by atoms with E-state index in [2.05, 4.69) is 31.8 Å². The number of nitrogens with zero attached hydrogens (tertiary/aromatic N) is 1. The Morgan fingerprint density at radius 3 is 2.36 bits per heavy atom. The van der Waals surface area contributed by atoms with E-state index in [0.29, 0.717) is 27.2 Å². The van der Waals surface area contributed by atoms with Gasteiger partial charge >= 0.3 is 11.8 Å². The van der Waals surface area contributed by atoms with Gasteiger partial charge in [0.1, 0.15) is 11.5 Å². The van der Waals surface area contributed by atoms with Crippen molar-refractivity contribution >= 4 is 39.6 Å². The second-order valence-corrected chi connectivity index (χ2v) is 5.60. The zero-order valence-electron chi connectivity index (χ0n) is 13.6. The fraction of sp³-hybridized carbons (Fsp3) is 0.118. The van der Waals surface area contributed by atoms with Gasteiger partial charge in [-0.2, -0.15) is 5.10 Å². The topological polar surface area (TPSA) is 89.0 Å². The van der Waals surface area contributed by atoms with Crippen molar-refractivity contribution in [1.29, 1.82) is 0 Å². The molecule has 0 aliphatic carbocycles. The number of hydrogen-bond acceptors (Lipinski definition) is 5. The third-order valence-electron chi connectivity index (χ3n) is 3.11. The molecule has 7 nitrogen and oxygen atoms in total. The van der Waals surface area contributed by atoms with E-state index in [4.69, 9.17) is 9.47 Å². The molecule has 8 heteroatoms. The van der Waals surface area contributed by atoms with Gasteiger partial charge in [0, 0.05) is 17.3 Å². The van der Waals surface area contributed by atoms with Gasteiger partial charge in [-0.05, 0) is 34.1 Å². The SMILES string of the molecule is COc1cc(OC)c(/C=N/NC(=O)C(=O)Nc2ccccc2)cc1Br. The number of carbonyl (C=O) groups is 2. The Labute approximate surface area is 153 Å². The molecule has 0 aliphatic rings. The molecule has 0 saturated heterocycles. The van der Waals surface area contributed by atoms with E-state index in [-0.39, 0.29) is 0 Å². The van der Waals surface area contributed by atoms with Gasteiger partial charge in [-0.1, -0.05) is 18.2 Å². The van der Waals surface area contributed by atoms with Gasteiger partial charge in [-0.15, -0.1) is 0 Å². The lowest BCUT2D eigenvalue weighted by atomic mass is 10.2. The minimum Gasteiger partial charge on any atom is -0.496 e. The van der Waals surface area contributed by atoms with Crippen LogP contribution in [0.1, 0.15) is 5.56 Å². The third-order valence-corrected chi connectivity index (χ3v) is 3.73. The zero-order valence-corrected chi connectivity index (χ0v) is 15.2. The van der Waals surface area contributed by atoms with Gasteiger partial charge in [0.25, 0.3) is 0 Å². The molecule has 2 aromatic carbocycles. The van der Waals surface area contributed by atoms with Crippen molar-refractivity contribution in [3.63, 3.8) is 0 Å². The monoisotopic (exact) mass is 405 g/mol. The van der Waals surface area contributed by atoms with Gasteiger partial charge in [0.15, 0.2) is 0 Å². The van der Waals surface area contributed by atoms with Crippen LogP contribution >= 0.6 is 15.9 Å². The van der Waals surface area contributed by atoms with Crippen LogP contribution in [0.2, 0.25) is 0 Å². The standard InChI is InChI=1S/C17H16BrN3O4/c1-24-14-9-15(25-2)13(18)8-11(14)10-19-21-17(23)16(22)20-12-6-4-3-5-7-12/h3-10H,1-2H3,(H,20,22)(H,21,23)/b19-10+. The third kappa shape index (κ3) is 5.05. The van der Waals surface area contributed by atoms with Crippen molar-refractivity contribution in [2.45, 2.75) is 0 Å². The molecule has 0 fully saturated rings. The van der Waals surface area contributed by atoms with Crippen LogP contribution in [0, 0.1) is 0 Å². The number of para-hydroxylation sites is 1. The summed E-state index contributed by atoms with van der Waals surface area (Å²) in [6.45, 7) is 0. The molecule has 0 aliphatic heterocycles. The van der Waals surface area contributed by atoms with E-state index in [1.165, 1.54) is 13.3 Å². The molecule has 130 valence electrons. The normalized spacial score (nSPS) is 10.4. The van der Waals surface area contributed by atoms with Crippen LogP contribution in [0.5, 0.6) is 11.5 Å². The van der Waals surface area contributed by atoms with Gasteiger partial charge in [-0.3, -0.25) is 9.59 Å². The number of nitrogens with one attached hydrogen (secondary N) is 2. The maximum Gasteiger partial charge on any atom is 0.329 e. The van der Waals surface area contributed by atoms with Crippen LogP contribution < -0.4 is 20.2 Å². The lowest BCUT2D eigenvalue weighted by molar-refractivity contribution is -0.136. The lowest BCUT2D eigenvalue weighted by Gasteiger charge is -2.09. The summed E-state index contributed by atoms with van der Waals surface area (Å²) in [4.78, 5) is 23.5. The highest BCUT2D eigenvalue weighted by Crippen LogP contribution is 2.31. The van der Waals surface area contributed by atoms with Crippen molar-refractivity contribution in [3.05, 3.63) is 52.5 Å². The van der Waals surface area contributed by atoms with Crippen LogP contribution in [0.25, 0.3) is 0 Å². The van der Waals surface area contributed by atoms with Crippen LogP contribution in [-0.2, 0) is 9.59 Å². The minimum atomic E-state index is -0.883. The Kier molecular flexibility index (Phi) is 6.53. The largest absolute Gasteiger partial charge is 0.496 e.